The number of nitrogens with two attached hydrogens (primary N) is 1. The molecule has 2 N–H and O–H groups in total. The van der Waals surface area contributed by atoms with Crippen LogP contribution in [0.2, 0.25) is 0 Å². The van der Waals surface area contributed by atoms with E-state index in [1.807, 2.05) is 0 Å². The molecule has 0 heterocycles. The van der Waals surface area contributed by atoms with E-state index in [0.29, 0.717) is 24.3 Å². The van der Waals surface area contributed by atoms with Crippen LogP contribution in [0.3, 0.4) is 0 Å². The van der Waals surface area contributed by atoms with Crippen LogP contribution < -0.4 is 10.5 Å². The zero-order chi connectivity index (χ0) is 14.2. The molecule has 0 spiro atoms. The molecule has 0 saturated carbocycles. The third-order valence-corrected chi connectivity index (χ3v) is 1.93. The summed E-state index contributed by atoms with van der Waals surface area (Å²) >= 11 is 0. The molecule has 0 aliphatic heterocycles. The van der Waals surface area contributed by atoms with Crippen molar-refractivity contribution in [3.05, 3.63) is 30.1 Å². The van der Waals surface area contributed by atoms with Gasteiger partial charge in [0.05, 0.1) is 0 Å². The van der Waals surface area contributed by atoms with Gasteiger partial charge in [0, 0.05) is 0 Å². The first-order valence-corrected chi connectivity index (χ1v) is 4.34. The second-order valence-corrected chi connectivity index (χ2v) is 3.29. The van der Waals surface area contributed by atoms with E-state index >= 15 is 0 Å². The molecule has 0 aromatic heterocycles. The molecule has 0 amide bonds. The van der Waals surface area contributed by atoms with Crippen LogP contribution in [-0.2, 0) is 0 Å². The summed E-state index contributed by atoms with van der Waals surface area (Å²) in [5.74, 6) is -1.70. The third kappa shape index (κ3) is 2.66. The molecule has 0 atom stereocenters. The normalized spacial score (nSPS) is 13.6. The van der Waals surface area contributed by atoms with Gasteiger partial charge in [0.2, 0.25) is 0 Å². The quantitative estimate of drug-likeness (QED) is 0.666. The highest BCUT2D eigenvalue weighted by molar-refractivity contribution is 5.23. The van der Waals surface area contributed by atoms with Crippen molar-refractivity contribution >= 4 is 0 Å². The van der Waals surface area contributed by atoms with Crippen LogP contribution >= 0.6 is 0 Å². The van der Waals surface area contributed by atoms with E-state index in [1.54, 1.807) is 0 Å². The first-order valence-electron chi connectivity index (χ1n) is 4.34. The Hall–Kier alpha value is -1.51. The average molecular weight is 277 g/mol. The molecule has 9 heteroatoms. The lowest BCUT2D eigenvalue weighted by Gasteiger charge is -2.33. The van der Waals surface area contributed by atoms with Gasteiger partial charge in [-0.1, -0.05) is 0 Å². The zero-order valence-electron chi connectivity index (χ0n) is 8.44. The first-order chi connectivity index (χ1) is 7.97. The second-order valence-electron chi connectivity index (χ2n) is 3.29. The van der Waals surface area contributed by atoms with Crippen molar-refractivity contribution in [3.8, 4) is 5.75 Å². The molecular weight excluding hydrogens is 271 g/mol. The molecular formula is C9H6F7NO. The predicted molar refractivity (Wildman–Crippen MR) is 46.1 cm³/mol. The molecule has 1 aromatic rings. The Morgan fingerprint density at radius 2 is 1.22 bits per heavy atom. The van der Waals surface area contributed by atoms with E-state index in [-0.39, 0.29) is 0 Å². The summed E-state index contributed by atoms with van der Waals surface area (Å²) in [5, 5.41) is 0. The molecule has 0 aliphatic carbocycles. The van der Waals surface area contributed by atoms with Crippen LogP contribution in [0.4, 0.5) is 30.7 Å². The van der Waals surface area contributed by atoms with Crippen molar-refractivity contribution in [3.63, 3.8) is 0 Å². The lowest BCUT2D eigenvalue weighted by molar-refractivity contribution is -0.355. The molecule has 0 aliphatic rings. The standard InChI is InChI=1S/C9H6F7NO/c10-5-1-3-6(4-2-5)18-7(17,8(11,12)13)9(14,15)16/h1-4H,17H2. The second kappa shape index (κ2) is 4.30. The van der Waals surface area contributed by atoms with Crippen molar-refractivity contribution in [1.29, 1.82) is 0 Å². The predicted octanol–water partition coefficient (Wildman–Crippen LogP) is 2.98. The molecule has 1 rings (SSSR count). The average Bonchev–Trinajstić information content (AvgIpc) is 2.18. The Balaban J connectivity index is 3.12. The highest BCUT2D eigenvalue weighted by Crippen LogP contribution is 2.42. The first kappa shape index (κ1) is 14.6. The molecule has 18 heavy (non-hydrogen) atoms. The van der Waals surface area contributed by atoms with Gasteiger partial charge < -0.3 is 4.74 Å². The van der Waals surface area contributed by atoms with E-state index in [1.165, 1.54) is 0 Å². The topological polar surface area (TPSA) is 35.2 Å². The minimum atomic E-state index is -5.88. The van der Waals surface area contributed by atoms with E-state index in [2.05, 4.69) is 10.5 Å². The van der Waals surface area contributed by atoms with Crippen LogP contribution in [0.5, 0.6) is 5.75 Å². The minimum absolute atomic E-state index is 0.606. The third-order valence-electron chi connectivity index (χ3n) is 1.93. The summed E-state index contributed by atoms with van der Waals surface area (Å²) in [5.41, 5.74) is -0.593. The van der Waals surface area contributed by atoms with Crippen molar-refractivity contribution in [2.75, 3.05) is 0 Å². The van der Waals surface area contributed by atoms with Gasteiger partial charge in [-0.3, -0.25) is 5.73 Å². The SMILES string of the molecule is NC(Oc1ccc(F)cc1)(C(F)(F)F)C(F)(F)F. The molecule has 0 fully saturated rings. The summed E-state index contributed by atoms with van der Waals surface area (Å²) in [7, 11) is 0. The molecule has 102 valence electrons. The maximum atomic E-state index is 12.5. The van der Waals surface area contributed by atoms with Crippen LogP contribution in [0.15, 0.2) is 24.3 Å². The number of halogens is 7. The summed E-state index contributed by atoms with van der Waals surface area (Å²) in [6, 6.07) is 2.49. The number of hydrogen-bond donors (Lipinski definition) is 1. The number of alkyl halides is 6. The van der Waals surface area contributed by atoms with E-state index in [9.17, 15) is 30.7 Å². The summed E-state index contributed by atoms with van der Waals surface area (Å²) in [6.45, 7) is 0. The smallest absolute Gasteiger partial charge is 0.452 e. The summed E-state index contributed by atoms with van der Waals surface area (Å²) < 4.78 is 90.1. The minimum Gasteiger partial charge on any atom is -0.455 e. The van der Waals surface area contributed by atoms with Gasteiger partial charge in [-0.05, 0) is 24.3 Å². The van der Waals surface area contributed by atoms with Crippen molar-refractivity contribution < 1.29 is 35.5 Å². The molecule has 0 unspecified atom stereocenters. The molecule has 0 saturated heterocycles. The Morgan fingerprint density at radius 3 is 1.56 bits per heavy atom. The van der Waals surface area contributed by atoms with Crippen LogP contribution in [0.1, 0.15) is 0 Å². The number of benzene rings is 1. The summed E-state index contributed by atoms with van der Waals surface area (Å²) in [6.07, 6.45) is -11.8. The van der Waals surface area contributed by atoms with Gasteiger partial charge in [0.15, 0.2) is 0 Å². The number of ether oxygens (including phenoxy) is 1. The van der Waals surface area contributed by atoms with Gasteiger partial charge in [0.1, 0.15) is 11.6 Å². The fraction of sp³-hybridized carbons (Fsp3) is 0.333. The van der Waals surface area contributed by atoms with Crippen molar-refractivity contribution in [2.24, 2.45) is 5.73 Å². The maximum Gasteiger partial charge on any atom is 0.452 e. The Kier molecular flexibility index (Phi) is 3.48. The Labute approximate surface area is 96.1 Å². The van der Waals surface area contributed by atoms with Crippen molar-refractivity contribution in [1.82, 2.24) is 0 Å². The highest BCUT2D eigenvalue weighted by atomic mass is 19.4. The molecule has 0 radical (unpaired) electrons. The van der Waals surface area contributed by atoms with Gasteiger partial charge in [-0.2, -0.15) is 26.3 Å². The van der Waals surface area contributed by atoms with Gasteiger partial charge in [-0.25, -0.2) is 4.39 Å². The van der Waals surface area contributed by atoms with Crippen LogP contribution in [0, 0.1) is 5.82 Å². The number of hydrogen-bond acceptors (Lipinski definition) is 2. The van der Waals surface area contributed by atoms with E-state index < -0.39 is 29.6 Å². The largest absolute Gasteiger partial charge is 0.455 e. The summed E-state index contributed by atoms with van der Waals surface area (Å²) in [4.78, 5) is 0. The van der Waals surface area contributed by atoms with Gasteiger partial charge in [0.25, 0.3) is 0 Å². The fourth-order valence-electron chi connectivity index (χ4n) is 0.965. The molecule has 0 bridgehead atoms. The van der Waals surface area contributed by atoms with Gasteiger partial charge in [-0.15, -0.1) is 0 Å². The zero-order valence-corrected chi connectivity index (χ0v) is 8.44. The molecule has 1 aromatic carbocycles. The molecule has 2 nitrogen and oxygen atoms in total. The lowest BCUT2D eigenvalue weighted by Crippen LogP contribution is -2.67. The van der Waals surface area contributed by atoms with Crippen LogP contribution in [0.25, 0.3) is 0 Å². The monoisotopic (exact) mass is 277 g/mol. The fourth-order valence-corrected chi connectivity index (χ4v) is 0.965. The Morgan fingerprint density at radius 1 is 0.833 bits per heavy atom. The number of rotatable bonds is 2. The van der Waals surface area contributed by atoms with Crippen LogP contribution in [-0.4, -0.2) is 18.1 Å². The van der Waals surface area contributed by atoms with E-state index in [4.69, 9.17) is 0 Å². The van der Waals surface area contributed by atoms with Gasteiger partial charge >= 0.3 is 18.1 Å². The Bertz CT molecular complexity index is 394. The van der Waals surface area contributed by atoms with E-state index in [0.717, 1.165) is 0 Å². The lowest BCUT2D eigenvalue weighted by atomic mass is 10.2. The highest BCUT2D eigenvalue weighted by Gasteiger charge is 2.71. The van der Waals surface area contributed by atoms with Crippen molar-refractivity contribution in [2.45, 2.75) is 18.1 Å². The maximum absolute atomic E-state index is 12.5.